The fourth-order valence-electron chi connectivity index (χ4n) is 2.45. The molecule has 5 rings (SSSR count). The summed E-state index contributed by atoms with van der Waals surface area (Å²) < 4.78 is 9.29. The molecular formula is C18H11N5OS4. The molecular weight excluding hydrogens is 431 g/mol. The summed E-state index contributed by atoms with van der Waals surface area (Å²) in [5, 5.41) is 1.10. The Labute approximate surface area is 176 Å². The highest BCUT2D eigenvalue weighted by molar-refractivity contribution is 8.01. The smallest absolute Gasteiger partial charge is 0.321 e. The first-order valence-electron chi connectivity index (χ1n) is 8.14. The number of hydrogen-bond donors (Lipinski definition) is 0. The van der Waals surface area contributed by atoms with Crippen molar-refractivity contribution >= 4 is 66.6 Å². The molecule has 28 heavy (non-hydrogen) atoms. The SMILES string of the molecule is COc1nc(Sc2nc3ccccc3s2)nc(Sc2nc3ccccc3s2)n1. The molecule has 0 amide bonds. The highest BCUT2D eigenvalue weighted by atomic mass is 32.2. The van der Waals surface area contributed by atoms with E-state index in [0.717, 1.165) is 29.1 Å². The lowest BCUT2D eigenvalue weighted by molar-refractivity contribution is 0.366. The van der Waals surface area contributed by atoms with Gasteiger partial charge >= 0.3 is 6.01 Å². The van der Waals surface area contributed by atoms with E-state index >= 15 is 0 Å². The molecule has 0 saturated heterocycles. The molecule has 138 valence electrons. The van der Waals surface area contributed by atoms with E-state index < -0.39 is 0 Å². The molecule has 0 bridgehead atoms. The zero-order chi connectivity index (χ0) is 18.9. The van der Waals surface area contributed by atoms with Gasteiger partial charge in [0.05, 0.1) is 27.5 Å². The number of hydrogen-bond acceptors (Lipinski definition) is 10. The number of fused-ring (bicyclic) bond motifs is 2. The van der Waals surface area contributed by atoms with Crippen LogP contribution in [0.3, 0.4) is 0 Å². The second-order valence-electron chi connectivity index (χ2n) is 5.49. The fraction of sp³-hybridized carbons (Fsp3) is 0.0556. The Morgan fingerprint density at radius 1 is 0.679 bits per heavy atom. The van der Waals surface area contributed by atoms with Gasteiger partial charge in [0.2, 0.25) is 10.3 Å². The fourth-order valence-corrected chi connectivity index (χ4v) is 6.33. The van der Waals surface area contributed by atoms with Gasteiger partial charge in [-0.05, 0) is 47.8 Å². The van der Waals surface area contributed by atoms with Crippen LogP contribution in [-0.4, -0.2) is 32.0 Å². The number of aromatic nitrogens is 5. The highest BCUT2D eigenvalue weighted by Gasteiger charge is 2.14. The lowest BCUT2D eigenvalue weighted by atomic mass is 10.3. The van der Waals surface area contributed by atoms with Crippen LogP contribution in [-0.2, 0) is 0 Å². The molecule has 0 unspecified atom stereocenters. The Morgan fingerprint density at radius 2 is 1.18 bits per heavy atom. The van der Waals surface area contributed by atoms with E-state index in [2.05, 4.69) is 37.1 Å². The van der Waals surface area contributed by atoms with Crippen molar-refractivity contribution in [3.8, 4) is 6.01 Å². The third-order valence-electron chi connectivity index (χ3n) is 3.66. The number of benzene rings is 2. The molecule has 0 atom stereocenters. The Bertz CT molecular complexity index is 1130. The molecule has 3 aromatic heterocycles. The van der Waals surface area contributed by atoms with Crippen molar-refractivity contribution in [3.05, 3.63) is 48.5 Å². The van der Waals surface area contributed by atoms with Crippen LogP contribution in [0.25, 0.3) is 20.4 Å². The van der Waals surface area contributed by atoms with E-state index in [9.17, 15) is 0 Å². The topological polar surface area (TPSA) is 73.7 Å². The Morgan fingerprint density at radius 3 is 1.64 bits per heavy atom. The van der Waals surface area contributed by atoms with Gasteiger partial charge in [-0.25, -0.2) is 9.97 Å². The van der Waals surface area contributed by atoms with Crippen LogP contribution in [0.5, 0.6) is 6.01 Å². The highest BCUT2D eigenvalue weighted by Crippen LogP contribution is 2.36. The number of para-hydroxylation sites is 2. The van der Waals surface area contributed by atoms with Crippen LogP contribution in [0.1, 0.15) is 0 Å². The summed E-state index contributed by atoms with van der Waals surface area (Å²) in [6.45, 7) is 0. The lowest BCUT2D eigenvalue weighted by Crippen LogP contribution is -1.98. The molecule has 6 nitrogen and oxygen atoms in total. The molecule has 3 heterocycles. The minimum atomic E-state index is 0.280. The normalized spacial score (nSPS) is 11.3. The first-order valence-corrected chi connectivity index (χ1v) is 11.4. The molecule has 0 spiro atoms. The zero-order valence-electron chi connectivity index (χ0n) is 14.4. The van der Waals surface area contributed by atoms with Crippen LogP contribution in [0.15, 0.2) is 67.5 Å². The summed E-state index contributed by atoms with van der Waals surface area (Å²) in [7, 11) is 1.55. The summed E-state index contributed by atoms with van der Waals surface area (Å²) in [6.07, 6.45) is 0. The second-order valence-corrected chi connectivity index (χ2v) is 9.98. The van der Waals surface area contributed by atoms with E-state index in [0.29, 0.717) is 10.3 Å². The van der Waals surface area contributed by atoms with Crippen molar-refractivity contribution in [2.75, 3.05) is 7.11 Å². The molecule has 10 heteroatoms. The van der Waals surface area contributed by atoms with Gasteiger partial charge in [-0.2, -0.15) is 15.0 Å². The number of methoxy groups -OCH3 is 1. The van der Waals surface area contributed by atoms with Crippen molar-refractivity contribution in [3.63, 3.8) is 0 Å². The number of thiazole rings is 2. The predicted molar refractivity (Wildman–Crippen MR) is 114 cm³/mol. The van der Waals surface area contributed by atoms with Crippen LogP contribution in [0.2, 0.25) is 0 Å². The van der Waals surface area contributed by atoms with Crippen molar-refractivity contribution in [1.29, 1.82) is 0 Å². The quantitative estimate of drug-likeness (QED) is 0.359. The van der Waals surface area contributed by atoms with Gasteiger partial charge in [0.1, 0.15) is 0 Å². The lowest BCUT2D eigenvalue weighted by Gasteiger charge is -2.03. The van der Waals surface area contributed by atoms with E-state index in [-0.39, 0.29) is 6.01 Å². The molecule has 0 aliphatic rings. The largest absolute Gasteiger partial charge is 0.467 e. The summed E-state index contributed by atoms with van der Waals surface area (Å²) in [6, 6.07) is 16.4. The Balaban J connectivity index is 1.45. The van der Waals surface area contributed by atoms with Gasteiger partial charge < -0.3 is 4.74 Å². The van der Waals surface area contributed by atoms with E-state index in [4.69, 9.17) is 4.74 Å². The average molecular weight is 442 g/mol. The minimum absolute atomic E-state index is 0.280. The van der Waals surface area contributed by atoms with Gasteiger partial charge in [0, 0.05) is 0 Å². The predicted octanol–water partition coefficient (Wildman–Crippen LogP) is 5.40. The molecule has 5 aromatic rings. The summed E-state index contributed by atoms with van der Waals surface area (Å²) in [5.74, 6) is 0. The number of nitrogens with zero attached hydrogens (tertiary/aromatic N) is 5. The van der Waals surface area contributed by atoms with Crippen LogP contribution >= 0.6 is 46.2 Å². The van der Waals surface area contributed by atoms with Gasteiger partial charge in [-0.3, -0.25) is 0 Å². The van der Waals surface area contributed by atoms with Crippen molar-refractivity contribution in [2.45, 2.75) is 19.0 Å². The van der Waals surface area contributed by atoms with Gasteiger partial charge in [0.25, 0.3) is 0 Å². The third kappa shape index (κ3) is 3.68. The standard InChI is InChI=1S/C18H11N5OS4/c1-24-14-21-15(27-17-19-10-6-2-4-8-12(10)25-17)23-16(22-14)28-18-20-11-7-3-5-9-13(11)26-18/h2-9H,1H3. The van der Waals surface area contributed by atoms with Crippen molar-refractivity contribution in [2.24, 2.45) is 0 Å². The molecule has 2 aromatic carbocycles. The summed E-state index contributed by atoms with van der Waals surface area (Å²) in [4.78, 5) is 22.5. The van der Waals surface area contributed by atoms with Crippen LogP contribution in [0.4, 0.5) is 0 Å². The minimum Gasteiger partial charge on any atom is -0.467 e. The maximum absolute atomic E-state index is 5.27. The molecule has 0 radical (unpaired) electrons. The molecule has 0 fully saturated rings. The van der Waals surface area contributed by atoms with E-state index in [1.54, 1.807) is 29.8 Å². The van der Waals surface area contributed by atoms with Crippen molar-refractivity contribution < 1.29 is 4.74 Å². The monoisotopic (exact) mass is 441 g/mol. The van der Waals surface area contributed by atoms with Crippen LogP contribution in [0, 0.1) is 0 Å². The van der Waals surface area contributed by atoms with Crippen molar-refractivity contribution in [1.82, 2.24) is 24.9 Å². The maximum atomic E-state index is 5.27. The maximum Gasteiger partial charge on any atom is 0.321 e. The Hall–Kier alpha value is -2.27. The van der Waals surface area contributed by atoms with Gasteiger partial charge in [0.15, 0.2) is 8.68 Å². The molecule has 0 aliphatic heterocycles. The number of ether oxygens (including phenoxy) is 1. The molecule has 0 aliphatic carbocycles. The van der Waals surface area contributed by atoms with E-state index in [1.807, 2.05) is 36.4 Å². The molecule has 0 saturated carbocycles. The third-order valence-corrected chi connectivity index (χ3v) is 7.59. The first kappa shape index (κ1) is 17.8. The second kappa shape index (κ2) is 7.63. The Kier molecular flexibility index (Phi) is 4.85. The summed E-state index contributed by atoms with van der Waals surface area (Å²) >= 11 is 6.04. The average Bonchev–Trinajstić information content (AvgIpc) is 3.30. The van der Waals surface area contributed by atoms with E-state index in [1.165, 1.54) is 23.5 Å². The first-order chi connectivity index (χ1) is 13.8. The molecule has 0 N–H and O–H groups in total. The van der Waals surface area contributed by atoms with Crippen LogP contribution < -0.4 is 4.74 Å². The zero-order valence-corrected chi connectivity index (χ0v) is 17.7. The number of rotatable bonds is 5. The summed E-state index contributed by atoms with van der Waals surface area (Å²) in [5.41, 5.74) is 1.94. The van der Waals surface area contributed by atoms with Gasteiger partial charge in [-0.1, -0.05) is 24.3 Å². The van der Waals surface area contributed by atoms with Gasteiger partial charge in [-0.15, -0.1) is 22.7 Å².